The Balaban J connectivity index is 2.08. The van der Waals surface area contributed by atoms with E-state index in [1.165, 1.54) is 0 Å². The summed E-state index contributed by atoms with van der Waals surface area (Å²) in [5.41, 5.74) is 3.35. The molecule has 0 spiro atoms. The van der Waals surface area contributed by atoms with E-state index in [1.54, 1.807) is 0 Å². The largest absolute Gasteiger partial charge is 0.354 e. The SMILES string of the molecule is NNc1nc(N2CCS(=O)CC2)c2ccccc2n1. The molecule has 1 saturated heterocycles. The van der Waals surface area contributed by atoms with Gasteiger partial charge in [-0.15, -0.1) is 0 Å². The van der Waals surface area contributed by atoms with Gasteiger partial charge in [-0.2, -0.15) is 4.98 Å². The van der Waals surface area contributed by atoms with E-state index in [-0.39, 0.29) is 0 Å². The third-order valence-corrected chi connectivity index (χ3v) is 4.47. The van der Waals surface area contributed by atoms with Gasteiger partial charge in [-0.25, -0.2) is 10.8 Å². The summed E-state index contributed by atoms with van der Waals surface area (Å²) in [7, 11) is -0.701. The number of hydrogen-bond acceptors (Lipinski definition) is 6. The summed E-state index contributed by atoms with van der Waals surface area (Å²) in [6, 6.07) is 7.83. The fraction of sp³-hybridized carbons (Fsp3) is 0.333. The molecule has 19 heavy (non-hydrogen) atoms. The average Bonchev–Trinajstić information content (AvgIpc) is 2.47. The van der Waals surface area contributed by atoms with Crippen LogP contribution < -0.4 is 16.2 Å². The lowest BCUT2D eigenvalue weighted by atomic mass is 10.2. The first-order chi connectivity index (χ1) is 9.28. The predicted octanol–water partition coefficient (Wildman–Crippen LogP) is 0.484. The maximum atomic E-state index is 11.4. The van der Waals surface area contributed by atoms with Crippen LogP contribution in [0.5, 0.6) is 0 Å². The van der Waals surface area contributed by atoms with Crippen LogP contribution >= 0.6 is 0 Å². The quantitative estimate of drug-likeness (QED) is 0.614. The molecule has 3 N–H and O–H groups in total. The Morgan fingerprint density at radius 1 is 1.21 bits per heavy atom. The van der Waals surface area contributed by atoms with Gasteiger partial charge in [0, 0.05) is 40.8 Å². The van der Waals surface area contributed by atoms with Gasteiger partial charge in [0.05, 0.1) is 5.52 Å². The lowest BCUT2D eigenvalue weighted by Crippen LogP contribution is -2.38. The van der Waals surface area contributed by atoms with Crippen molar-refractivity contribution in [2.24, 2.45) is 5.84 Å². The molecule has 1 aliphatic heterocycles. The summed E-state index contributed by atoms with van der Waals surface area (Å²) in [5, 5.41) is 0.995. The third kappa shape index (κ3) is 2.39. The zero-order chi connectivity index (χ0) is 13.2. The fourth-order valence-corrected chi connectivity index (χ4v) is 3.27. The second-order valence-electron chi connectivity index (χ2n) is 4.37. The van der Waals surface area contributed by atoms with Crippen LogP contribution in [0, 0.1) is 0 Å². The maximum Gasteiger partial charge on any atom is 0.239 e. The second-order valence-corrected chi connectivity index (χ2v) is 6.06. The highest BCUT2D eigenvalue weighted by Gasteiger charge is 2.19. The molecular formula is C12H15N5OS. The molecule has 1 aliphatic rings. The minimum atomic E-state index is -0.701. The molecule has 0 radical (unpaired) electrons. The number of nitrogens with zero attached hydrogens (tertiary/aromatic N) is 3. The average molecular weight is 277 g/mol. The smallest absolute Gasteiger partial charge is 0.239 e. The summed E-state index contributed by atoms with van der Waals surface area (Å²) in [5.74, 6) is 8.05. The Bertz CT molecular complexity index is 623. The molecule has 2 aromatic rings. The first-order valence-electron chi connectivity index (χ1n) is 6.11. The number of aromatic nitrogens is 2. The molecule has 100 valence electrons. The molecule has 1 aromatic heterocycles. The van der Waals surface area contributed by atoms with Crippen molar-refractivity contribution in [2.45, 2.75) is 0 Å². The van der Waals surface area contributed by atoms with Crippen LogP contribution in [-0.4, -0.2) is 38.8 Å². The molecule has 0 bridgehead atoms. The highest BCUT2D eigenvalue weighted by atomic mass is 32.2. The van der Waals surface area contributed by atoms with Gasteiger partial charge in [0.15, 0.2) is 0 Å². The van der Waals surface area contributed by atoms with Crippen LogP contribution in [0.15, 0.2) is 24.3 Å². The lowest BCUT2D eigenvalue weighted by molar-refractivity contribution is 0.672. The fourth-order valence-electron chi connectivity index (χ4n) is 2.22. The van der Waals surface area contributed by atoms with Crippen molar-refractivity contribution in [1.29, 1.82) is 0 Å². The van der Waals surface area contributed by atoms with Crippen LogP contribution in [0.25, 0.3) is 10.9 Å². The number of fused-ring (bicyclic) bond motifs is 1. The van der Waals surface area contributed by atoms with Crippen molar-refractivity contribution in [3.05, 3.63) is 24.3 Å². The van der Waals surface area contributed by atoms with E-state index >= 15 is 0 Å². The number of benzene rings is 1. The van der Waals surface area contributed by atoms with E-state index in [0.717, 1.165) is 29.8 Å². The molecular weight excluding hydrogens is 262 g/mol. The molecule has 2 heterocycles. The first kappa shape index (κ1) is 12.3. The Labute approximate surface area is 113 Å². The number of hydrazine groups is 1. The van der Waals surface area contributed by atoms with Crippen LogP contribution in [-0.2, 0) is 10.8 Å². The molecule has 0 atom stereocenters. The monoisotopic (exact) mass is 277 g/mol. The topological polar surface area (TPSA) is 84.1 Å². The van der Waals surface area contributed by atoms with Gasteiger partial charge in [-0.3, -0.25) is 9.63 Å². The number of para-hydroxylation sites is 1. The number of nitrogens with two attached hydrogens (primary N) is 1. The van der Waals surface area contributed by atoms with E-state index in [4.69, 9.17) is 5.84 Å². The highest BCUT2D eigenvalue weighted by molar-refractivity contribution is 7.85. The minimum absolute atomic E-state index is 0.403. The molecule has 0 aliphatic carbocycles. The number of nitrogens with one attached hydrogen (secondary N) is 1. The maximum absolute atomic E-state index is 11.4. The molecule has 1 aromatic carbocycles. The summed E-state index contributed by atoms with van der Waals surface area (Å²) in [6.07, 6.45) is 0. The molecule has 1 fully saturated rings. The van der Waals surface area contributed by atoms with E-state index in [0.29, 0.717) is 17.5 Å². The van der Waals surface area contributed by atoms with Gasteiger partial charge in [0.2, 0.25) is 5.95 Å². The van der Waals surface area contributed by atoms with Crippen molar-refractivity contribution in [1.82, 2.24) is 9.97 Å². The normalized spacial score (nSPS) is 16.8. The Morgan fingerprint density at radius 3 is 2.68 bits per heavy atom. The number of anilines is 2. The summed E-state index contributed by atoms with van der Waals surface area (Å²) in [4.78, 5) is 10.9. The van der Waals surface area contributed by atoms with Crippen molar-refractivity contribution in [3.63, 3.8) is 0 Å². The molecule has 0 unspecified atom stereocenters. The molecule has 0 saturated carbocycles. The van der Waals surface area contributed by atoms with Gasteiger partial charge in [0.25, 0.3) is 0 Å². The van der Waals surface area contributed by atoms with E-state index in [2.05, 4.69) is 20.3 Å². The highest BCUT2D eigenvalue weighted by Crippen LogP contribution is 2.25. The van der Waals surface area contributed by atoms with Gasteiger partial charge in [-0.05, 0) is 12.1 Å². The number of rotatable bonds is 2. The Morgan fingerprint density at radius 2 is 1.95 bits per heavy atom. The summed E-state index contributed by atoms with van der Waals surface area (Å²) >= 11 is 0. The van der Waals surface area contributed by atoms with Gasteiger partial charge >= 0.3 is 0 Å². The van der Waals surface area contributed by atoms with Gasteiger partial charge in [-0.1, -0.05) is 12.1 Å². The van der Waals surface area contributed by atoms with E-state index in [1.807, 2.05) is 24.3 Å². The lowest BCUT2D eigenvalue weighted by Gasteiger charge is -2.28. The van der Waals surface area contributed by atoms with Crippen molar-refractivity contribution >= 4 is 33.5 Å². The Hall–Kier alpha value is -1.73. The van der Waals surface area contributed by atoms with Gasteiger partial charge < -0.3 is 4.90 Å². The molecule has 7 heteroatoms. The van der Waals surface area contributed by atoms with Crippen LogP contribution in [0.1, 0.15) is 0 Å². The van der Waals surface area contributed by atoms with Crippen molar-refractivity contribution in [3.8, 4) is 0 Å². The first-order valence-corrected chi connectivity index (χ1v) is 7.60. The standard InChI is InChI=1S/C12H15N5OS/c13-16-12-14-10-4-2-1-3-9(10)11(15-12)17-5-7-19(18)8-6-17/h1-4H,5-8,13H2,(H,14,15,16). The zero-order valence-electron chi connectivity index (χ0n) is 10.4. The third-order valence-electron chi connectivity index (χ3n) is 3.19. The van der Waals surface area contributed by atoms with Crippen molar-refractivity contribution in [2.75, 3.05) is 34.9 Å². The second kappa shape index (κ2) is 5.10. The van der Waals surface area contributed by atoms with Gasteiger partial charge in [0.1, 0.15) is 5.82 Å². The van der Waals surface area contributed by atoms with Crippen LogP contribution in [0.2, 0.25) is 0 Å². The molecule has 6 nitrogen and oxygen atoms in total. The minimum Gasteiger partial charge on any atom is -0.354 e. The van der Waals surface area contributed by atoms with E-state index in [9.17, 15) is 4.21 Å². The number of hydrogen-bond donors (Lipinski definition) is 2. The van der Waals surface area contributed by atoms with E-state index < -0.39 is 10.8 Å². The van der Waals surface area contributed by atoms with Crippen LogP contribution in [0.3, 0.4) is 0 Å². The Kier molecular flexibility index (Phi) is 3.31. The predicted molar refractivity (Wildman–Crippen MR) is 77.4 cm³/mol. The molecule has 3 rings (SSSR count). The zero-order valence-corrected chi connectivity index (χ0v) is 11.2. The van der Waals surface area contributed by atoms with Crippen molar-refractivity contribution < 1.29 is 4.21 Å². The summed E-state index contributed by atoms with van der Waals surface area (Å²) in [6.45, 7) is 1.50. The summed E-state index contributed by atoms with van der Waals surface area (Å²) < 4.78 is 11.4. The number of nitrogen functional groups attached to an aromatic ring is 1. The molecule has 0 amide bonds. The van der Waals surface area contributed by atoms with Crippen LogP contribution in [0.4, 0.5) is 11.8 Å².